The van der Waals surface area contributed by atoms with E-state index in [-0.39, 0.29) is 21.5 Å². The van der Waals surface area contributed by atoms with Crippen LogP contribution in [0, 0.1) is 0 Å². The summed E-state index contributed by atoms with van der Waals surface area (Å²) < 4.78 is 54.4. The van der Waals surface area contributed by atoms with Gasteiger partial charge in [0.25, 0.3) is 20.0 Å². The average molecular weight is 407 g/mol. The van der Waals surface area contributed by atoms with E-state index in [0.717, 1.165) is 0 Å². The molecule has 3 rings (SSSR count). The first-order valence-electron chi connectivity index (χ1n) is 7.35. The fourth-order valence-electron chi connectivity index (χ4n) is 2.78. The largest absolute Gasteiger partial charge is 0.252 e. The van der Waals surface area contributed by atoms with Gasteiger partial charge in [-0.25, -0.2) is 16.8 Å². The van der Waals surface area contributed by atoms with E-state index in [0.29, 0.717) is 0 Å². The molecule has 0 amide bonds. The lowest BCUT2D eigenvalue weighted by Gasteiger charge is -2.41. The summed E-state index contributed by atoms with van der Waals surface area (Å²) in [6.07, 6.45) is 0. The van der Waals surface area contributed by atoms with Gasteiger partial charge in [0.15, 0.2) is 0 Å². The van der Waals surface area contributed by atoms with Crippen LogP contribution >= 0.6 is 22.7 Å². The number of piperazine rings is 1. The van der Waals surface area contributed by atoms with Crippen molar-refractivity contribution < 1.29 is 16.8 Å². The minimum atomic E-state index is -3.59. The first-order valence-corrected chi connectivity index (χ1v) is 12.0. The van der Waals surface area contributed by atoms with Crippen molar-refractivity contribution in [3.63, 3.8) is 0 Å². The molecule has 1 aliphatic heterocycles. The van der Waals surface area contributed by atoms with E-state index in [9.17, 15) is 16.8 Å². The van der Waals surface area contributed by atoms with E-state index in [1.807, 2.05) is 0 Å². The van der Waals surface area contributed by atoms with Crippen LogP contribution in [0.15, 0.2) is 43.4 Å². The van der Waals surface area contributed by atoms with E-state index in [1.54, 1.807) is 48.9 Å². The number of hydrogen-bond donors (Lipinski definition) is 0. The molecule has 10 heteroatoms. The fraction of sp³-hybridized carbons (Fsp3) is 0.429. The SMILES string of the molecule is C[C@@H]1CN(S(=O)(=O)c2cccs2)[C@@H](C)CN1S(=O)(=O)c1cccs1. The van der Waals surface area contributed by atoms with Crippen molar-refractivity contribution in [1.29, 1.82) is 0 Å². The number of thiophene rings is 2. The summed E-state index contributed by atoms with van der Waals surface area (Å²) >= 11 is 2.34. The molecule has 6 nitrogen and oxygen atoms in total. The number of hydrogen-bond acceptors (Lipinski definition) is 6. The Balaban J connectivity index is 1.88. The van der Waals surface area contributed by atoms with Gasteiger partial charge in [-0.05, 0) is 36.7 Å². The van der Waals surface area contributed by atoms with E-state index < -0.39 is 32.1 Å². The molecule has 24 heavy (non-hydrogen) atoms. The van der Waals surface area contributed by atoms with Gasteiger partial charge in [-0.1, -0.05) is 12.1 Å². The molecule has 0 bridgehead atoms. The molecule has 0 saturated carbocycles. The molecule has 132 valence electrons. The summed E-state index contributed by atoms with van der Waals surface area (Å²) in [6, 6.07) is 5.69. The summed E-state index contributed by atoms with van der Waals surface area (Å²) in [7, 11) is -7.18. The Labute approximate surface area is 150 Å². The lowest BCUT2D eigenvalue weighted by molar-refractivity contribution is 0.164. The molecule has 0 spiro atoms. The van der Waals surface area contributed by atoms with Crippen LogP contribution in [0.5, 0.6) is 0 Å². The summed E-state index contributed by atoms with van der Waals surface area (Å²) in [5, 5.41) is 3.44. The van der Waals surface area contributed by atoms with E-state index in [4.69, 9.17) is 0 Å². The summed E-state index contributed by atoms with van der Waals surface area (Å²) in [5.41, 5.74) is 0. The van der Waals surface area contributed by atoms with Crippen LogP contribution in [-0.4, -0.2) is 50.6 Å². The van der Waals surface area contributed by atoms with Gasteiger partial charge < -0.3 is 0 Å². The fourth-order valence-corrected chi connectivity index (χ4v) is 8.43. The maximum absolute atomic E-state index is 12.8. The molecule has 1 aliphatic rings. The first kappa shape index (κ1) is 18.0. The maximum atomic E-state index is 12.8. The molecule has 2 aromatic rings. The summed E-state index contributed by atoms with van der Waals surface area (Å²) in [6.45, 7) is 3.78. The van der Waals surface area contributed by atoms with Gasteiger partial charge in [-0.3, -0.25) is 0 Å². The molecule has 0 aliphatic carbocycles. The zero-order valence-corrected chi connectivity index (χ0v) is 16.5. The second kappa shape index (κ2) is 6.50. The predicted octanol–water partition coefficient (Wildman–Crippen LogP) is 2.28. The second-order valence-corrected chi connectivity index (χ2v) is 11.8. The molecular formula is C14H18N2O4S4. The molecule has 0 unspecified atom stereocenters. The third-order valence-electron chi connectivity index (χ3n) is 3.99. The van der Waals surface area contributed by atoms with Crippen molar-refractivity contribution in [3.8, 4) is 0 Å². The Morgan fingerprint density at radius 3 is 1.50 bits per heavy atom. The average Bonchev–Trinajstić information content (AvgIpc) is 3.22. The molecule has 0 N–H and O–H groups in total. The Morgan fingerprint density at radius 1 is 0.833 bits per heavy atom. The quantitative estimate of drug-likeness (QED) is 0.781. The lowest BCUT2D eigenvalue weighted by atomic mass is 10.2. The van der Waals surface area contributed by atoms with Crippen LogP contribution < -0.4 is 0 Å². The Bertz CT molecular complexity index is 812. The molecule has 2 aromatic heterocycles. The topological polar surface area (TPSA) is 74.8 Å². The molecule has 1 fully saturated rings. The van der Waals surface area contributed by atoms with Gasteiger partial charge in [-0.15, -0.1) is 22.7 Å². The molecule has 0 aromatic carbocycles. The highest BCUT2D eigenvalue weighted by Gasteiger charge is 2.42. The molecule has 3 heterocycles. The van der Waals surface area contributed by atoms with Crippen LogP contribution in [0.1, 0.15) is 13.8 Å². The smallest absolute Gasteiger partial charge is 0.206 e. The van der Waals surface area contributed by atoms with E-state index in [2.05, 4.69) is 0 Å². The van der Waals surface area contributed by atoms with Crippen LogP contribution in [0.4, 0.5) is 0 Å². The van der Waals surface area contributed by atoms with Crippen LogP contribution in [0.25, 0.3) is 0 Å². The number of nitrogens with zero attached hydrogens (tertiary/aromatic N) is 2. The number of rotatable bonds is 4. The highest BCUT2D eigenvalue weighted by atomic mass is 32.3. The van der Waals surface area contributed by atoms with E-state index in [1.165, 1.54) is 31.3 Å². The summed E-state index contributed by atoms with van der Waals surface area (Å²) in [5.74, 6) is 0. The third-order valence-corrected chi connectivity index (χ3v) is 10.7. The monoisotopic (exact) mass is 406 g/mol. The standard InChI is InChI=1S/C14H18N2O4S4/c1-11-9-16(24(19,20)14-6-4-8-22-14)12(2)10-15(11)23(17,18)13-5-3-7-21-13/h3-8,11-12H,9-10H2,1-2H3/t11-,12+. The van der Waals surface area contributed by atoms with Crippen molar-refractivity contribution in [2.75, 3.05) is 13.1 Å². The highest BCUT2D eigenvalue weighted by molar-refractivity contribution is 7.91. The van der Waals surface area contributed by atoms with Gasteiger partial charge in [0.1, 0.15) is 8.42 Å². The third kappa shape index (κ3) is 3.06. The molecular weight excluding hydrogens is 388 g/mol. The minimum absolute atomic E-state index is 0.145. The first-order chi connectivity index (χ1) is 11.2. The molecule has 1 saturated heterocycles. The maximum Gasteiger partial charge on any atom is 0.252 e. The van der Waals surface area contributed by atoms with Crippen LogP contribution in [-0.2, 0) is 20.0 Å². The Morgan fingerprint density at radius 2 is 1.21 bits per heavy atom. The highest BCUT2D eigenvalue weighted by Crippen LogP contribution is 2.30. The zero-order chi connectivity index (χ0) is 17.5. The predicted molar refractivity (Wildman–Crippen MR) is 95.3 cm³/mol. The second-order valence-electron chi connectivity index (χ2n) is 5.71. The van der Waals surface area contributed by atoms with Crippen molar-refractivity contribution in [3.05, 3.63) is 35.0 Å². The van der Waals surface area contributed by atoms with Crippen LogP contribution in [0.3, 0.4) is 0 Å². The zero-order valence-electron chi connectivity index (χ0n) is 13.2. The van der Waals surface area contributed by atoms with Crippen molar-refractivity contribution in [2.45, 2.75) is 34.3 Å². The van der Waals surface area contributed by atoms with Crippen molar-refractivity contribution in [1.82, 2.24) is 8.61 Å². The Kier molecular flexibility index (Phi) is 4.89. The summed E-state index contributed by atoms with van der Waals surface area (Å²) in [4.78, 5) is 0. The van der Waals surface area contributed by atoms with Gasteiger partial charge >= 0.3 is 0 Å². The Hall–Kier alpha value is -0.780. The van der Waals surface area contributed by atoms with Crippen molar-refractivity contribution in [2.24, 2.45) is 0 Å². The normalized spacial score (nSPS) is 24.2. The number of sulfonamides is 2. The van der Waals surface area contributed by atoms with Crippen molar-refractivity contribution >= 4 is 42.7 Å². The van der Waals surface area contributed by atoms with Crippen LogP contribution in [0.2, 0.25) is 0 Å². The van der Waals surface area contributed by atoms with E-state index >= 15 is 0 Å². The molecule has 0 radical (unpaired) electrons. The minimum Gasteiger partial charge on any atom is -0.206 e. The van der Waals surface area contributed by atoms with Gasteiger partial charge in [0, 0.05) is 25.2 Å². The lowest BCUT2D eigenvalue weighted by Crippen LogP contribution is -2.59. The van der Waals surface area contributed by atoms with Gasteiger partial charge in [0.05, 0.1) is 0 Å². The van der Waals surface area contributed by atoms with Gasteiger partial charge in [0.2, 0.25) is 0 Å². The van der Waals surface area contributed by atoms with Gasteiger partial charge in [-0.2, -0.15) is 8.61 Å². The molecule has 2 atom stereocenters.